The van der Waals surface area contributed by atoms with Gasteiger partial charge in [0.15, 0.2) is 11.6 Å². The zero-order valence-electron chi connectivity index (χ0n) is 25.4. The first kappa shape index (κ1) is 33.2. The summed E-state index contributed by atoms with van der Waals surface area (Å²) in [4.78, 5) is 14.5. The van der Waals surface area contributed by atoms with Crippen LogP contribution in [0, 0.1) is 12.7 Å². The monoisotopic (exact) mass is 647 g/mol. The van der Waals surface area contributed by atoms with E-state index in [1.807, 2.05) is 12.2 Å². The molecule has 2 aromatic rings. The number of alkyl halides is 3. The van der Waals surface area contributed by atoms with Crippen LogP contribution >= 0.6 is 11.8 Å². The van der Waals surface area contributed by atoms with Crippen LogP contribution in [0.1, 0.15) is 55.7 Å². The maximum atomic E-state index is 15.8. The van der Waals surface area contributed by atoms with E-state index in [-0.39, 0.29) is 42.2 Å². The van der Waals surface area contributed by atoms with Crippen molar-refractivity contribution >= 4 is 11.8 Å². The first-order valence-corrected chi connectivity index (χ1v) is 16.2. The van der Waals surface area contributed by atoms with Gasteiger partial charge in [0.25, 0.3) is 5.56 Å². The van der Waals surface area contributed by atoms with E-state index < -0.39 is 40.6 Å². The molecule has 0 radical (unpaired) electrons. The van der Waals surface area contributed by atoms with Gasteiger partial charge in [-0.1, -0.05) is 35.9 Å². The van der Waals surface area contributed by atoms with E-state index in [2.05, 4.69) is 11.4 Å². The Kier molecular flexibility index (Phi) is 10.4. The zero-order valence-corrected chi connectivity index (χ0v) is 26.2. The number of hydrogen-bond donors (Lipinski definition) is 2. The van der Waals surface area contributed by atoms with Crippen molar-refractivity contribution in [2.24, 2.45) is 5.73 Å². The van der Waals surface area contributed by atoms with Crippen LogP contribution in [0.15, 0.2) is 74.9 Å². The number of ether oxygens (including phenoxy) is 1. The van der Waals surface area contributed by atoms with E-state index in [1.54, 1.807) is 17.6 Å². The van der Waals surface area contributed by atoms with Gasteiger partial charge in [-0.2, -0.15) is 13.2 Å². The molecule has 5 rings (SSSR count). The average Bonchev–Trinajstić information content (AvgIpc) is 3.45. The van der Waals surface area contributed by atoms with E-state index in [1.165, 1.54) is 37.1 Å². The third-order valence-electron chi connectivity index (χ3n) is 8.80. The lowest BCUT2D eigenvalue weighted by atomic mass is 9.88. The summed E-state index contributed by atoms with van der Waals surface area (Å²) in [6.45, 7) is 2.81. The van der Waals surface area contributed by atoms with Crippen LogP contribution in [0.3, 0.4) is 0 Å². The first-order chi connectivity index (χ1) is 21.6. The fourth-order valence-corrected chi connectivity index (χ4v) is 7.95. The Morgan fingerprint density at radius 1 is 1.18 bits per heavy atom. The molecule has 3 aliphatic rings. The standard InChI is InChI=1S/C34H38F5N3O2S/c1-20-23(18-24-25(34(37,38)39)13-9-14-26(24)35)33-42(32(43)29(20)22-12-8-15-28(44-2)30(22)36)27(19-45-33)31(41-17-7-6-16-40)21-10-4-3-5-11-21/h3-4,8,10,12,14-15,27,31,41H,5-7,9,11,13,16-19,40H2,1-2H3. The topological polar surface area (TPSA) is 69.3 Å². The lowest BCUT2D eigenvalue weighted by Crippen LogP contribution is -2.43. The second-order valence-corrected chi connectivity index (χ2v) is 12.5. The molecule has 2 unspecified atom stereocenters. The second-order valence-electron chi connectivity index (χ2n) is 11.5. The molecule has 0 saturated heterocycles. The number of methoxy groups -OCH3 is 1. The fourth-order valence-electron chi connectivity index (χ4n) is 6.52. The Morgan fingerprint density at radius 3 is 2.67 bits per heavy atom. The minimum atomic E-state index is -4.71. The summed E-state index contributed by atoms with van der Waals surface area (Å²) < 4.78 is 80.2. The highest BCUT2D eigenvalue weighted by Crippen LogP contribution is 2.45. The molecular formula is C34H38F5N3O2S. The van der Waals surface area contributed by atoms with Gasteiger partial charge in [0.2, 0.25) is 0 Å². The number of rotatable bonds is 11. The van der Waals surface area contributed by atoms with Crippen molar-refractivity contribution in [2.45, 2.75) is 75.2 Å². The number of aromatic nitrogens is 1. The van der Waals surface area contributed by atoms with Gasteiger partial charge in [0, 0.05) is 28.9 Å². The molecule has 2 heterocycles. The Hall–Kier alpha value is -3.15. The smallest absolute Gasteiger partial charge is 0.413 e. The van der Waals surface area contributed by atoms with Gasteiger partial charge >= 0.3 is 6.18 Å². The summed E-state index contributed by atoms with van der Waals surface area (Å²) in [5, 5.41) is 4.11. The molecule has 45 heavy (non-hydrogen) atoms. The van der Waals surface area contributed by atoms with Crippen LogP contribution < -0.4 is 21.3 Å². The number of allylic oxidation sites excluding steroid dienone is 7. The van der Waals surface area contributed by atoms with Gasteiger partial charge < -0.3 is 15.8 Å². The fraction of sp³-hybridized carbons (Fsp3) is 0.441. The Morgan fingerprint density at radius 2 is 1.98 bits per heavy atom. The van der Waals surface area contributed by atoms with Gasteiger partial charge in [0.1, 0.15) is 5.83 Å². The number of halogens is 5. The number of benzene rings is 1. The minimum absolute atomic E-state index is 0.0130. The summed E-state index contributed by atoms with van der Waals surface area (Å²) in [6.07, 6.45) is 5.09. The van der Waals surface area contributed by atoms with Gasteiger partial charge in [-0.15, -0.1) is 11.8 Å². The minimum Gasteiger partial charge on any atom is -0.494 e. The number of thioether (sulfide) groups is 1. The molecule has 11 heteroatoms. The lowest BCUT2D eigenvalue weighted by molar-refractivity contribution is -0.0951. The quantitative estimate of drug-likeness (QED) is 0.194. The number of nitrogens with one attached hydrogen (secondary N) is 1. The molecule has 0 bridgehead atoms. The Balaban J connectivity index is 1.74. The summed E-state index contributed by atoms with van der Waals surface area (Å²) >= 11 is 1.37. The van der Waals surface area contributed by atoms with Gasteiger partial charge in [-0.3, -0.25) is 9.36 Å². The van der Waals surface area contributed by atoms with Crippen molar-refractivity contribution in [3.8, 4) is 16.9 Å². The largest absolute Gasteiger partial charge is 0.494 e. The number of hydrogen-bond acceptors (Lipinski definition) is 5. The Bertz CT molecular complexity index is 1620. The van der Waals surface area contributed by atoms with E-state index >= 15 is 8.78 Å². The van der Waals surface area contributed by atoms with Gasteiger partial charge in [0.05, 0.1) is 29.8 Å². The van der Waals surface area contributed by atoms with E-state index in [0.717, 1.165) is 31.3 Å². The molecule has 5 nitrogen and oxygen atoms in total. The third-order valence-corrected chi connectivity index (χ3v) is 10.0. The molecule has 1 aliphatic heterocycles. The van der Waals surface area contributed by atoms with Crippen molar-refractivity contribution in [2.75, 3.05) is 26.0 Å². The number of unbranched alkanes of at least 4 members (excludes halogenated alkanes) is 1. The maximum absolute atomic E-state index is 15.8. The molecule has 2 atom stereocenters. The molecular weight excluding hydrogens is 609 g/mol. The summed E-state index contributed by atoms with van der Waals surface area (Å²) in [5.41, 5.74) is 5.77. The normalized spacial score (nSPS) is 19.0. The average molecular weight is 648 g/mol. The molecule has 1 aromatic heterocycles. The number of nitrogens with zero attached hydrogens (tertiary/aromatic N) is 1. The van der Waals surface area contributed by atoms with Crippen LogP contribution in [-0.2, 0) is 6.42 Å². The van der Waals surface area contributed by atoms with E-state index in [9.17, 15) is 18.0 Å². The van der Waals surface area contributed by atoms with Crippen molar-refractivity contribution in [3.05, 3.63) is 92.3 Å². The molecule has 0 amide bonds. The highest BCUT2D eigenvalue weighted by molar-refractivity contribution is 7.99. The van der Waals surface area contributed by atoms with Crippen molar-refractivity contribution in [3.63, 3.8) is 0 Å². The Labute approximate surface area is 264 Å². The number of fused-ring (bicyclic) bond motifs is 1. The predicted molar refractivity (Wildman–Crippen MR) is 169 cm³/mol. The maximum Gasteiger partial charge on any atom is 0.413 e. The summed E-state index contributed by atoms with van der Waals surface area (Å²) in [5.74, 6) is -1.26. The number of pyridine rings is 1. The summed E-state index contributed by atoms with van der Waals surface area (Å²) in [6, 6.07) is 3.80. The molecule has 2 aliphatic carbocycles. The molecule has 0 saturated carbocycles. The highest BCUT2D eigenvalue weighted by atomic mass is 32.2. The third kappa shape index (κ3) is 6.71. The summed E-state index contributed by atoms with van der Waals surface area (Å²) in [7, 11) is 1.32. The van der Waals surface area contributed by atoms with E-state index in [0.29, 0.717) is 35.0 Å². The van der Waals surface area contributed by atoms with Crippen molar-refractivity contribution < 1.29 is 26.7 Å². The van der Waals surface area contributed by atoms with E-state index in [4.69, 9.17) is 10.5 Å². The predicted octanol–water partition coefficient (Wildman–Crippen LogP) is 7.64. The van der Waals surface area contributed by atoms with Crippen LogP contribution in [0.25, 0.3) is 11.1 Å². The lowest BCUT2D eigenvalue weighted by Gasteiger charge is -2.31. The second kappa shape index (κ2) is 14.1. The van der Waals surface area contributed by atoms with Gasteiger partial charge in [-0.05, 0) is 81.8 Å². The van der Waals surface area contributed by atoms with Crippen LogP contribution in [0.5, 0.6) is 5.75 Å². The molecule has 3 N–H and O–H groups in total. The molecule has 0 fully saturated rings. The van der Waals surface area contributed by atoms with Crippen molar-refractivity contribution in [1.82, 2.24) is 9.88 Å². The zero-order chi connectivity index (χ0) is 32.3. The van der Waals surface area contributed by atoms with Crippen LogP contribution in [-0.4, -0.2) is 42.7 Å². The van der Waals surface area contributed by atoms with Crippen molar-refractivity contribution in [1.29, 1.82) is 0 Å². The number of nitrogens with two attached hydrogens (primary N) is 1. The van der Waals surface area contributed by atoms with Crippen LogP contribution in [0.2, 0.25) is 0 Å². The van der Waals surface area contributed by atoms with Crippen LogP contribution in [0.4, 0.5) is 22.0 Å². The SMILES string of the molecule is COc1cccc(-c2c(C)c(CC3=C(C(F)(F)F)CCC=C3F)c3n(c2=O)C(C(NCCCCN)C2=CC=CCC2)CS3)c1F. The highest BCUT2D eigenvalue weighted by Gasteiger charge is 2.40. The first-order valence-electron chi connectivity index (χ1n) is 15.3. The molecule has 1 aromatic carbocycles. The molecule has 0 spiro atoms. The molecule has 242 valence electrons. The van der Waals surface area contributed by atoms with Gasteiger partial charge in [-0.25, -0.2) is 8.78 Å².